The van der Waals surface area contributed by atoms with Crippen LogP contribution in [0.25, 0.3) is 0 Å². The molecule has 76 valence electrons. The van der Waals surface area contributed by atoms with E-state index in [0.29, 0.717) is 17.0 Å². The summed E-state index contributed by atoms with van der Waals surface area (Å²) >= 11 is 0. The molecule has 1 aromatic carbocycles. The average Bonchev–Trinajstić information content (AvgIpc) is 2.07. The minimum Gasteiger partial charge on any atom is -0.489 e. The molecule has 0 atom stereocenters. The van der Waals surface area contributed by atoms with Crippen molar-refractivity contribution in [2.24, 2.45) is 5.73 Å². The van der Waals surface area contributed by atoms with E-state index in [2.05, 4.69) is 0 Å². The lowest BCUT2D eigenvalue weighted by atomic mass is 10.2. The molecule has 0 amide bonds. The number of hydrogen-bond donors (Lipinski definition) is 3. The molecule has 0 aliphatic heterocycles. The molecule has 0 aliphatic rings. The zero-order valence-corrected chi connectivity index (χ0v) is 8.37. The lowest BCUT2D eigenvalue weighted by molar-refractivity contribution is 0.244. The fourth-order valence-electron chi connectivity index (χ4n) is 1.08. The van der Waals surface area contributed by atoms with Crippen LogP contribution >= 0.6 is 0 Å². The standard InChI is InChI=1S/C10H15N3O/c1-6(2)14-9-4-3-7(10(12)13)5-8(9)11/h3-6H,11H2,1-2H3,(H3,12,13). The van der Waals surface area contributed by atoms with Crippen LogP contribution in [0.15, 0.2) is 18.2 Å². The highest BCUT2D eigenvalue weighted by atomic mass is 16.5. The van der Waals surface area contributed by atoms with E-state index in [0.717, 1.165) is 0 Å². The third-order valence-corrected chi connectivity index (χ3v) is 1.68. The maximum Gasteiger partial charge on any atom is 0.142 e. The van der Waals surface area contributed by atoms with Crippen molar-refractivity contribution >= 4 is 11.5 Å². The zero-order valence-electron chi connectivity index (χ0n) is 8.37. The van der Waals surface area contributed by atoms with Crippen molar-refractivity contribution in [1.29, 1.82) is 5.41 Å². The number of rotatable bonds is 3. The van der Waals surface area contributed by atoms with E-state index in [-0.39, 0.29) is 11.9 Å². The topological polar surface area (TPSA) is 85.1 Å². The Bertz CT molecular complexity index is 347. The predicted octanol–water partition coefficient (Wildman–Crippen LogP) is 1.34. The van der Waals surface area contributed by atoms with Crippen LogP contribution in [0.4, 0.5) is 5.69 Å². The highest BCUT2D eigenvalue weighted by molar-refractivity contribution is 5.96. The van der Waals surface area contributed by atoms with Crippen molar-refractivity contribution in [3.63, 3.8) is 0 Å². The maximum absolute atomic E-state index is 7.23. The van der Waals surface area contributed by atoms with Crippen LogP contribution < -0.4 is 16.2 Å². The van der Waals surface area contributed by atoms with Crippen molar-refractivity contribution < 1.29 is 4.74 Å². The summed E-state index contributed by atoms with van der Waals surface area (Å²) in [4.78, 5) is 0. The average molecular weight is 193 g/mol. The van der Waals surface area contributed by atoms with Gasteiger partial charge in [0.15, 0.2) is 0 Å². The lowest BCUT2D eigenvalue weighted by Crippen LogP contribution is -2.12. The first-order valence-electron chi connectivity index (χ1n) is 4.41. The number of benzene rings is 1. The number of nitrogens with one attached hydrogen (secondary N) is 1. The normalized spacial score (nSPS) is 10.2. The molecule has 1 aromatic rings. The van der Waals surface area contributed by atoms with Gasteiger partial charge < -0.3 is 16.2 Å². The zero-order chi connectivity index (χ0) is 10.7. The summed E-state index contributed by atoms with van der Waals surface area (Å²) in [5.74, 6) is 0.637. The summed E-state index contributed by atoms with van der Waals surface area (Å²) in [6, 6.07) is 5.09. The lowest BCUT2D eigenvalue weighted by Gasteiger charge is -2.12. The highest BCUT2D eigenvalue weighted by Gasteiger charge is 2.04. The second kappa shape index (κ2) is 4.00. The van der Waals surface area contributed by atoms with Crippen LogP contribution in [0.1, 0.15) is 19.4 Å². The number of nitrogens with two attached hydrogens (primary N) is 2. The van der Waals surface area contributed by atoms with Gasteiger partial charge in [-0.25, -0.2) is 0 Å². The molecule has 0 spiro atoms. The molecular weight excluding hydrogens is 178 g/mol. The smallest absolute Gasteiger partial charge is 0.142 e. The number of nitrogen functional groups attached to an aromatic ring is 2. The molecule has 0 bridgehead atoms. The Morgan fingerprint density at radius 3 is 2.50 bits per heavy atom. The van der Waals surface area contributed by atoms with Gasteiger partial charge >= 0.3 is 0 Å². The summed E-state index contributed by atoms with van der Waals surface area (Å²) < 4.78 is 5.44. The molecule has 5 N–H and O–H groups in total. The summed E-state index contributed by atoms with van der Waals surface area (Å²) in [5.41, 5.74) is 12.2. The summed E-state index contributed by atoms with van der Waals surface area (Å²) in [6.45, 7) is 3.86. The molecular formula is C10H15N3O. The Hall–Kier alpha value is -1.71. The molecule has 4 nitrogen and oxygen atoms in total. The fourth-order valence-corrected chi connectivity index (χ4v) is 1.08. The van der Waals surface area contributed by atoms with E-state index < -0.39 is 0 Å². The van der Waals surface area contributed by atoms with Crippen molar-refractivity contribution in [2.45, 2.75) is 20.0 Å². The first kappa shape index (κ1) is 10.4. The first-order valence-corrected chi connectivity index (χ1v) is 4.41. The van der Waals surface area contributed by atoms with Gasteiger partial charge in [-0.05, 0) is 32.0 Å². The summed E-state index contributed by atoms with van der Waals surface area (Å²) in [6.07, 6.45) is 0.0838. The van der Waals surface area contributed by atoms with Crippen LogP contribution in [0.3, 0.4) is 0 Å². The van der Waals surface area contributed by atoms with Crippen LogP contribution in [0.5, 0.6) is 5.75 Å². The second-order valence-corrected chi connectivity index (χ2v) is 3.33. The Balaban J connectivity index is 2.95. The van der Waals surface area contributed by atoms with Crippen molar-refractivity contribution in [3.8, 4) is 5.75 Å². The quantitative estimate of drug-likeness (QED) is 0.384. The van der Waals surface area contributed by atoms with Gasteiger partial charge in [-0.1, -0.05) is 0 Å². The van der Waals surface area contributed by atoms with Gasteiger partial charge in [-0.3, -0.25) is 5.41 Å². The van der Waals surface area contributed by atoms with Crippen LogP contribution in [0, 0.1) is 5.41 Å². The molecule has 0 aromatic heterocycles. The van der Waals surface area contributed by atoms with Crippen molar-refractivity contribution in [1.82, 2.24) is 0 Å². The highest BCUT2D eigenvalue weighted by Crippen LogP contribution is 2.23. The van der Waals surface area contributed by atoms with Gasteiger partial charge in [0.25, 0.3) is 0 Å². The van der Waals surface area contributed by atoms with Gasteiger partial charge in [0.1, 0.15) is 11.6 Å². The van der Waals surface area contributed by atoms with E-state index in [1.165, 1.54) is 0 Å². The van der Waals surface area contributed by atoms with E-state index >= 15 is 0 Å². The summed E-state index contributed by atoms with van der Waals surface area (Å²) in [5, 5.41) is 7.23. The van der Waals surface area contributed by atoms with Gasteiger partial charge in [-0.2, -0.15) is 0 Å². The van der Waals surface area contributed by atoms with Crippen LogP contribution in [-0.2, 0) is 0 Å². The molecule has 0 heterocycles. The molecule has 0 unspecified atom stereocenters. The monoisotopic (exact) mass is 193 g/mol. The molecule has 14 heavy (non-hydrogen) atoms. The molecule has 0 radical (unpaired) electrons. The Labute approximate surface area is 83.4 Å². The van der Waals surface area contributed by atoms with Gasteiger partial charge in [0.05, 0.1) is 11.8 Å². The Kier molecular flexibility index (Phi) is 2.96. The fraction of sp³-hybridized carbons (Fsp3) is 0.300. The van der Waals surface area contributed by atoms with E-state index in [1.54, 1.807) is 18.2 Å². The largest absolute Gasteiger partial charge is 0.489 e. The number of ether oxygens (including phenoxy) is 1. The third-order valence-electron chi connectivity index (χ3n) is 1.68. The SMILES string of the molecule is CC(C)Oc1ccc(C(=N)N)cc1N. The van der Waals surface area contributed by atoms with E-state index in [1.807, 2.05) is 13.8 Å². The van der Waals surface area contributed by atoms with Crippen molar-refractivity contribution in [2.75, 3.05) is 5.73 Å². The van der Waals surface area contributed by atoms with Gasteiger partial charge in [-0.15, -0.1) is 0 Å². The van der Waals surface area contributed by atoms with Gasteiger partial charge in [0, 0.05) is 5.56 Å². The Morgan fingerprint density at radius 1 is 1.43 bits per heavy atom. The minimum atomic E-state index is 0.00722. The molecule has 0 saturated heterocycles. The predicted molar refractivity (Wildman–Crippen MR) is 57.6 cm³/mol. The minimum absolute atomic E-state index is 0.00722. The molecule has 0 fully saturated rings. The number of amidine groups is 1. The number of anilines is 1. The van der Waals surface area contributed by atoms with Gasteiger partial charge in [0.2, 0.25) is 0 Å². The van der Waals surface area contributed by atoms with Crippen LogP contribution in [0.2, 0.25) is 0 Å². The molecule has 4 heteroatoms. The number of hydrogen-bond acceptors (Lipinski definition) is 3. The van der Waals surface area contributed by atoms with Crippen LogP contribution in [-0.4, -0.2) is 11.9 Å². The molecule has 0 aliphatic carbocycles. The van der Waals surface area contributed by atoms with E-state index in [9.17, 15) is 0 Å². The molecule has 1 rings (SSSR count). The third kappa shape index (κ3) is 2.39. The maximum atomic E-state index is 7.23. The van der Waals surface area contributed by atoms with E-state index in [4.69, 9.17) is 21.6 Å². The summed E-state index contributed by atoms with van der Waals surface area (Å²) in [7, 11) is 0. The molecule has 0 saturated carbocycles. The Morgan fingerprint density at radius 2 is 2.07 bits per heavy atom. The first-order chi connectivity index (χ1) is 6.50. The second-order valence-electron chi connectivity index (χ2n) is 3.33. The van der Waals surface area contributed by atoms with Crippen molar-refractivity contribution in [3.05, 3.63) is 23.8 Å².